The highest BCUT2D eigenvalue weighted by molar-refractivity contribution is 8.00. The third-order valence-electron chi connectivity index (χ3n) is 3.57. The first-order valence-corrected chi connectivity index (χ1v) is 8.19. The lowest BCUT2D eigenvalue weighted by Crippen LogP contribution is -2.45. The molecule has 5 nitrogen and oxygen atoms in total. The summed E-state index contributed by atoms with van der Waals surface area (Å²) >= 11 is 2.03. The molecule has 1 saturated heterocycles. The van der Waals surface area contributed by atoms with E-state index in [1.807, 2.05) is 17.8 Å². The molecule has 112 valence electrons. The molecule has 0 amide bonds. The van der Waals surface area contributed by atoms with Crippen LogP contribution in [0.15, 0.2) is 6.07 Å². The molecule has 6 heteroatoms. The molecule has 1 fully saturated rings. The zero-order valence-electron chi connectivity index (χ0n) is 12.7. The minimum atomic E-state index is 0.443. The fourth-order valence-corrected chi connectivity index (χ4v) is 3.45. The number of rotatable bonds is 5. The second-order valence-electron chi connectivity index (χ2n) is 5.00. The molecule has 2 unspecified atom stereocenters. The summed E-state index contributed by atoms with van der Waals surface area (Å²) in [5.41, 5.74) is 0. The molecule has 2 atom stereocenters. The Morgan fingerprint density at radius 3 is 2.95 bits per heavy atom. The van der Waals surface area contributed by atoms with Crippen LogP contribution >= 0.6 is 11.8 Å². The normalized spacial score (nSPS) is 22.9. The van der Waals surface area contributed by atoms with Gasteiger partial charge in [-0.3, -0.25) is 0 Å². The highest BCUT2D eigenvalue weighted by atomic mass is 32.2. The van der Waals surface area contributed by atoms with Crippen LogP contribution < -0.4 is 10.2 Å². The summed E-state index contributed by atoms with van der Waals surface area (Å²) in [6.07, 6.45) is 0. The maximum Gasteiger partial charge on any atom is 0.158 e. The quantitative estimate of drug-likeness (QED) is 0.900. The predicted octanol–water partition coefficient (Wildman–Crippen LogP) is 2.39. The summed E-state index contributed by atoms with van der Waals surface area (Å²) in [7, 11) is 1.67. The zero-order valence-corrected chi connectivity index (χ0v) is 13.5. The van der Waals surface area contributed by atoms with Crippen LogP contribution in [0.1, 0.15) is 26.6 Å². The van der Waals surface area contributed by atoms with Crippen molar-refractivity contribution < 1.29 is 4.74 Å². The minimum Gasteiger partial charge on any atom is -0.377 e. The first-order chi connectivity index (χ1) is 9.65. The lowest BCUT2D eigenvalue weighted by molar-refractivity contribution is 0.178. The van der Waals surface area contributed by atoms with E-state index in [2.05, 4.69) is 41.0 Å². The van der Waals surface area contributed by atoms with Gasteiger partial charge in [-0.2, -0.15) is 11.8 Å². The van der Waals surface area contributed by atoms with E-state index in [1.54, 1.807) is 7.11 Å². The first kappa shape index (κ1) is 15.4. The van der Waals surface area contributed by atoms with Crippen LogP contribution in [-0.2, 0) is 11.3 Å². The monoisotopic (exact) mass is 296 g/mol. The molecule has 1 N–H and O–H groups in total. The van der Waals surface area contributed by atoms with E-state index in [0.29, 0.717) is 17.9 Å². The summed E-state index contributed by atoms with van der Waals surface area (Å²) in [4.78, 5) is 11.5. The Labute approximate surface area is 125 Å². The van der Waals surface area contributed by atoms with Gasteiger partial charge in [-0.15, -0.1) is 0 Å². The summed E-state index contributed by atoms with van der Waals surface area (Å²) in [6, 6.07) is 2.52. The Morgan fingerprint density at radius 2 is 2.25 bits per heavy atom. The largest absolute Gasteiger partial charge is 0.377 e. The van der Waals surface area contributed by atoms with Crippen LogP contribution in [0.25, 0.3) is 0 Å². The van der Waals surface area contributed by atoms with E-state index < -0.39 is 0 Å². The van der Waals surface area contributed by atoms with E-state index in [1.165, 1.54) is 0 Å². The number of nitrogens with zero attached hydrogens (tertiary/aromatic N) is 3. The molecule has 0 aliphatic carbocycles. The Kier molecular flexibility index (Phi) is 5.48. The molecule has 2 heterocycles. The Balaban J connectivity index is 2.28. The average molecular weight is 296 g/mol. The number of hydrogen-bond acceptors (Lipinski definition) is 6. The fraction of sp³-hybridized carbons (Fsp3) is 0.714. The minimum absolute atomic E-state index is 0.443. The van der Waals surface area contributed by atoms with Crippen molar-refractivity contribution in [3.8, 4) is 0 Å². The smallest absolute Gasteiger partial charge is 0.158 e. The topological polar surface area (TPSA) is 50.3 Å². The van der Waals surface area contributed by atoms with E-state index in [4.69, 9.17) is 4.74 Å². The van der Waals surface area contributed by atoms with Gasteiger partial charge in [0.1, 0.15) is 18.2 Å². The van der Waals surface area contributed by atoms with E-state index in [-0.39, 0.29) is 0 Å². The maximum absolute atomic E-state index is 5.18. The number of ether oxygens (including phenoxy) is 1. The first-order valence-electron chi connectivity index (χ1n) is 7.14. The summed E-state index contributed by atoms with van der Waals surface area (Å²) < 4.78 is 5.18. The second-order valence-corrected chi connectivity index (χ2v) is 6.49. The lowest BCUT2D eigenvalue weighted by atomic mass is 10.2. The molecule has 1 aliphatic rings. The van der Waals surface area contributed by atoms with Gasteiger partial charge in [-0.1, -0.05) is 6.92 Å². The molecular formula is C14H24N4OS. The molecular weight excluding hydrogens is 272 g/mol. The van der Waals surface area contributed by atoms with E-state index in [9.17, 15) is 0 Å². The van der Waals surface area contributed by atoms with Crippen molar-refractivity contribution >= 4 is 23.4 Å². The molecule has 1 aromatic heterocycles. The van der Waals surface area contributed by atoms with Crippen molar-refractivity contribution in [3.63, 3.8) is 0 Å². The third-order valence-corrected chi connectivity index (χ3v) is 4.91. The van der Waals surface area contributed by atoms with Gasteiger partial charge in [0.25, 0.3) is 0 Å². The number of thioether (sulfide) groups is 1. The van der Waals surface area contributed by atoms with Crippen molar-refractivity contribution in [2.45, 2.75) is 38.7 Å². The van der Waals surface area contributed by atoms with Gasteiger partial charge < -0.3 is 15.0 Å². The molecule has 0 radical (unpaired) electrons. The molecule has 2 rings (SSSR count). The summed E-state index contributed by atoms with van der Waals surface area (Å²) in [5, 5.41) is 3.89. The standard InChI is InChI=1S/C14H24N4OS/c1-5-15-12-8-14(17-13(16-12)9-19-4)18-6-7-20-11(3)10(18)2/h8,10-11H,5-7,9H2,1-4H3,(H,15,16,17). The highest BCUT2D eigenvalue weighted by Gasteiger charge is 2.26. The van der Waals surface area contributed by atoms with Gasteiger partial charge in [0.05, 0.1) is 0 Å². The third kappa shape index (κ3) is 3.55. The molecule has 0 saturated carbocycles. The number of hydrogen-bond donors (Lipinski definition) is 1. The van der Waals surface area contributed by atoms with E-state index >= 15 is 0 Å². The molecule has 0 bridgehead atoms. The fourth-order valence-electron chi connectivity index (χ4n) is 2.35. The number of methoxy groups -OCH3 is 1. The van der Waals surface area contributed by atoms with Gasteiger partial charge in [0, 0.05) is 43.3 Å². The van der Waals surface area contributed by atoms with Crippen molar-refractivity contribution in [2.75, 3.05) is 36.2 Å². The van der Waals surface area contributed by atoms with Crippen LogP contribution in [-0.4, -0.2) is 47.2 Å². The molecule has 1 aromatic rings. The highest BCUT2D eigenvalue weighted by Crippen LogP contribution is 2.29. The van der Waals surface area contributed by atoms with Gasteiger partial charge in [0.2, 0.25) is 0 Å². The molecule has 20 heavy (non-hydrogen) atoms. The molecule has 1 aliphatic heterocycles. The van der Waals surface area contributed by atoms with Crippen LogP contribution in [0.2, 0.25) is 0 Å². The zero-order chi connectivity index (χ0) is 14.5. The van der Waals surface area contributed by atoms with E-state index in [0.717, 1.165) is 36.3 Å². The lowest BCUT2D eigenvalue weighted by Gasteiger charge is -2.38. The summed E-state index contributed by atoms with van der Waals surface area (Å²) in [5.74, 6) is 3.76. The number of aromatic nitrogens is 2. The Bertz CT molecular complexity index is 419. The van der Waals surface area contributed by atoms with Gasteiger partial charge in [-0.05, 0) is 13.8 Å². The van der Waals surface area contributed by atoms with Crippen molar-refractivity contribution in [3.05, 3.63) is 11.9 Å². The van der Waals surface area contributed by atoms with Crippen molar-refractivity contribution in [2.24, 2.45) is 0 Å². The second kappa shape index (κ2) is 7.13. The Morgan fingerprint density at radius 1 is 1.45 bits per heavy atom. The SMILES string of the molecule is CCNc1cc(N2CCSC(C)C2C)nc(COC)n1. The van der Waals surface area contributed by atoms with Crippen LogP contribution in [0, 0.1) is 0 Å². The van der Waals surface area contributed by atoms with Crippen LogP contribution in [0.4, 0.5) is 11.6 Å². The maximum atomic E-state index is 5.18. The van der Waals surface area contributed by atoms with Gasteiger partial charge in [0.15, 0.2) is 5.82 Å². The van der Waals surface area contributed by atoms with Gasteiger partial charge in [-0.25, -0.2) is 9.97 Å². The van der Waals surface area contributed by atoms with Crippen LogP contribution in [0.5, 0.6) is 0 Å². The van der Waals surface area contributed by atoms with Gasteiger partial charge >= 0.3 is 0 Å². The average Bonchev–Trinajstić information content (AvgIpc) is 2.42. The number of nitrogens with one attached hydrogen (secondary N) is 1. The number of anilines is 2. The molecule has 0 spiro atoms. The summed E-state index contributed by atoms with van der Waals surface area (Å²) in [6.45, 7) is 8.94. The van der Waals surface area contributed by atoms with Crippen molar-refractivity contribution in [1.82, 2.24) is 9.97 Å². The Hall–Kier alpha value is -1.01. The molecule has 0 aromatic carbocycles. The predicted molar refractivity (Wildman–Crippen MR) is 85.6 cm³/mol. The van der Waals surface area contributed by atoms with Crippen molar-refractivity contribution in [1.29, 1.82) is 0 Å². The van der Waals surface area contributed by atoms with Crippen LogP contribution in [0.3, 0.4) is 0 Å².